The molecule has 0 saturated carbocycles. The molecule has 0 saturated heterocycles. The van der Waals surface area contributed by atoms with Crippen LogP contribution in [0.3, 0.4) is 0 Å². The Morgan fingerprint density at radius 3 is 1.39 bits per heavy atom. The second-order valence-electron chi connectivity index (χ2n) is 14.7. The van der Waals surface area contributed by atoms with Gasteiger partial charge in [-0.1, -0.05) is 193 Å². The van der Waals surface area contributed by atoms with Crippen LogP contribution in [-0.4, -0.2) is 47.4 Å². The van der Waals surface area contributed by atoms with E-state index >= 15 is 0 Å². The van der Waals surface area contributed by atoms with E-state index in [4.69, 9.17) is 4.74 Å². The average molecular weight is 694 g/mol. The van der Waals surface area contributed by atoms with Crippen LogP contribution in [0, 0.1) is 0 Å². The van der Waals surface area contributed by atoms with E-state index in [1.807, 2.05) is 6.08 Å². The standard InChI is InChI=1S/C43H83NO5/c1-3-5-7-9-11-13-16-21-25-29-33-37-43(48)49-38-34-30-26-22-18-15-14-17-20-24-28-32-36-42(47)44-40(39-45)41(46)35-31-27-23-19-12-10-8-6-4-2/h31,35,40-41,45-46H,3-30,32-34,36-39H2,1-2H3,(H,44,47)/b35-31+. The fourth-order valence-electron chi connectivity index (χ4n) is 6.45. The van der Waals surface area contributed by atoms with Crippen LogP contribution >= 0.6 is 0 Å². The smallest absolute Gasteiger partial charge is 0.305 e. The van der Waals surface area contributed by atoms with Gasteiger partial charge in [0, 0.05) is 12.8 Å². The van der Waals surface area contributed by atoms with Crippen LogP contribution in [0.5, 0.6) is 0 Å². The van der Waals surface area contributed by atoms with Crippen molar-refractivity contribution >= 4 is 11.9 Å². The zero-order chi connectivity index (χ0) is 35.9. The molecule has 49 heavy (non-hydrogen) atoms. The molecule has 0 heterocycles. The number of nitrogens with one attached hydrogen (secondary N) is 1. The van der Waals surface area contributed by atoms with Gasteiger partial charge in [0.1, 0.15) is 0 Å². The number of ether oxygens (including phenoxy) is 1. The summed E-state index contributed by atoms with van der Waals surface area (Å²) in [5.74, 6) is -0.0989. The first-order valence-corrected chi connectivity index (χ1v) is 21.5. The summed E-state index contributed by atoms with van der Waals surface area (Å²) in [5.41, 5.74) is 0. The van der Waals surface area contributed by atoms with Crippen LogP contribution in [0.4, 0.5) is 0 Å². The number of esters is 1. The Bertz CT molecular complexity index is 727. The number of carbonyl (C=O) groups is 2. The molecule has 0 rings (SSSR count). The summed E-state index contributed by atoms with van der Waals surface area (Å²) in [6.45, 7) is 4.82. The Balaban J connectivity index is 3.48. The number of aliphatic hydroxyl groups is 2. The van der Waals surface area contributed by atoms with Gasteiger partial charge in [0.2, 0.25) is 5.91 Å². The number of hydrogen-bond donors (Lipinski definition) is 3. The largest absolute Gasteiger partial charge is 0.466 e. The van der Waals surface area contributed by atoms with Gasteiger partial charge in [-0.05, 0) is 32.1 Å². The van der Waals surface area contributed by atoms with Gasteiger partial charge in [-0.15, -0.1) is 0 Å². The minimum atomic E-state index is -0.850. The number of aliphatic hydroxyl groups excluding tert-OH is 2. The summed E-state index contributed by atoms with van der Waals surface area (Å²) in [5, 5.41) is 22.8. The maximum atomic E-state index is 12.3. The fourth-order valence-corrected chi connectivity index (χ4v) is 6.45. The van der Waals surface area contributed by atoms with Crippen molar-refractivity contribution in [1.29, 1.82) is 0 Å². The first-order valence-electron chi connectivity index (χ1n) is 21.5. The third kappa shape index (κ3) is 36.2. The average Bonchev–Trinajstić information content (AvgIpc) is 3.10. The first-order chi connectivity index (χ1) is 24.0. The number of rotatable bonds is 39. The van der Waals surface area contributed by atoms with Crippen LogP contribution in [0.1, 0.15) is 226 Å². The second-order valence-corrected chi connectivity index (χ2v) is 14.7. The maximum Gasteiger partial charge on any atom is 0.305 e. The Morgan fingerprint density at radius 1 is 0.551 bits per heavy atom. The van der Waals surface area contributed by atoms with E-state index in [0.29, 0.717) is 19.4 Å². The summed E-state index contributed by atoms with van der Waals surface area (Å²) < 4.78 is 5.43. The Kier molecular flexibility index (Phi) is 38.3. The lowest BCUT2D eigenvalue weighted by atomic mass is 10.0. The Morgan fingerprint density at radius 2 is 0.939 bits per heavy atom. The molecule has 0 fully saturated rings. The summed E-state index contributed by atoms with van der Waals surface area (Å²) in [7, 11) is 0. The SMILES string of the molecule is CCCCCCCCC/C=C/C(O)C(CO)NC(=O)CCCCCCCCCCCCCCOC(=O)CCCCCCCCCCCCC. The summed E-state index contributed by atoms with van der Waals surface area (Å²) in [6, 6.07) is -0.635. The van der Waals surface area contributed by atoms with Gasteiger partial charge in [-0.2, -0.15) is 0 Å². The molecule has 0 aromatic heterocycles. The predicted octanol–water partition coefficient (Wildman–Crippen LogP) is 11.8. The predicted molar refractivity (Wildman–Crippen MR) is 209 cm³/mol. The second kappa shape index (κ2) is 39.4. The molecule has 1 amide bonds. The topological polar surface area (TPSA) is 95.9 Å². The van der Waals surface area contributed by atoms with Gasteiger partial charge in [0.15, 0.2) is 0 Å². The van der Waals surface area contributed by atoms with Crippen LogP contribution in [0.2, 0.25) is 0 Å². The van der Waals surface area contributed by atoms with Gasteiger partial charge < -0.3 is 20.3 Å². The third-order valence-electron chi connectivity index (χ3n) is 9.81. The van der Waals surface area contributed by atoms with Crippen molar-refractivity contribution < 1.29 is 24.5 Å². The molecule has 0 aromatic rings. The number of allylic oxidation sites excluding steroid dienone is 1. The molecule has 0 radical (unpaired) electrons. The molecule has 0 aromatic carbocycles. The summed E-state index contributed by atoms with van der Waals surface area (Å²) in [6.07, 6.45) is 41.9. The number of hydrogen-bond acceptors (Lipinski definition) is 5. The van der Waals surface area contributed by atoms with E-state index in [0.717, 1.165) is 57.8 Å². The van der Waals surface area contributed by atoms with Gasteiger partial charge >= 0.3 is 5.97 Å². The molecule has 6 nitrogen and oxygen atoms in total. The van der Waals surface area contributed by atoms with E-state index < -0.39 is 12.1 Å². The van der Waals surface area contributed by atoms with E-state index in [-0.39, 0.29) is 18.5 Å². The molecule has 2 unspecified atom stereocenters. The monoisotopic (exact) mass is 694 g/mol. The van der Waals surface area contributed by atoms with Crippen molar-refractivity contribution in [2.75, 3.05) is 13.2 Å². The van der Waals surface area contributed by atoms with Gasteiger partial charge in [-0.25, -0.2) is 0 Å². The van der Waals surface area contributed by atoms with Crippen molar-refractivity contribution in [3.63, 3.8) is 0 Å². The molecule has 0 aliphatic carbocycles. The van der Waals surface area contributed by atoms with Crippen molar-refractivity contribution in [3.8, 4) is 0 Å². The highest BCUT2D eigenvalue weighted by Crippen LogP contribution is 2.15. The number of amides is 1. The van der Waals surface area contributed by atoms with E-state index in [1.165, 1.54) is 141 Å². The van der Waals surface area contributed by atoms with Crippen molar-refractivity contribution in [2.24, 2.45) is 0 Å². The van der Waals surface area contributed by atoms with E-state index in [9.17, 15) is 19.8 Å². The lowest BCUT2D eigenvalue weighted by Crippen LogP contribution is -2.45. The molecule has 0 spiro atoms. The molecule has 290 valence electrons. The lowest BCUT2D eigenvalue weighted by molar-refractivity contribution is -0.143. The first kappa shape index (κ1) is 47.6. The fraction of sp³-hybridized carbons (Fsp3) is 0.907. The van der Waals surface area contributed by atoms with Crippen molar-refractivity contribution in [2.45, 2.75) is 238 Å². The van der Waals surface area contributed by atoms with Gasteiger partial charge in [0.25, 0.3) is 0 Å². The van der Waals surface area contributed by atoms with Gasteiger partial charge in [0.05, 0.1) is 25.4 Å². The molecule has 3 N–H and O–H groups in total. The normalized spacial score (nSPS) is 12.8. The Labute approximate surface area is 304 Å². The van der Waals surface area contributed by atoms with E-state index in [2.05, 4.69) is 19.2 Å². The molecule has 0 bridgehead atoms. The molecule has 6 heteroatoms. The van der Waals surface area contributed by atoms with Crippen LogP contribution in [0.15, 0.2) is 12.2 Å². The molecule has 0 aliphatic heterocycles. The summed E-state index contributed by atoms with van der Waals surface area (Å²) >= 11 is 0. The molecular formula is C43H83NO5. The van der Waals surface area contributed by atoms with Crippen molar-refractivity contribution in [1.82, 2.24) is 5.32 Å². The number of unbranched alkanes of at least 4 members (excludes halogenated alkanes) is 28. The molecule has 0 aliphatic rings. The number of carbonyl (C=O) groups excluding carboxylic acids is 2. The zero-order valence-electron chi connectivity index (χ0n) is 32.7. The van der Waals surface area contributed by atoms with Crippen molar-refractivity contribution in [3.05, 3.63) is 12.2 Å². The quantitative estimate of drug-likeness (QED) is 0.0338. The van der Waals surface area contributed by atoms with Crippen LogP contribution in [-0.2, 0) is 14.3 Å². The van der Waals surface area contributed by atoms with Crippen LogP contribution in [0.25, 0.3) is 0 Å². The Hall–Kier alpha value is -1.40. The zero-order valence-corrected chi connectivity index (χ0v) is 32.7. The summed E-state index contributed by atoms with van der Waals surface area (Å²) in [4.78, 5) is 24.3. The highest BCUT2D eigenvalue weighted by atomic mass is 16.5. The van der Waals surface area contributed by atoms with Gasteiger partial charge in [-0.3, -0.25) is 9.59 Å². The highest BCUT2D eigenvalue weighted by molar-refractivity contribution is 5.76. The van der Waals surface area contributed by atoms with E-state index in [1.54, 1.807) is 6.08 Å². The third-order valence-corrected chi connectivity index (χ3v) is 9.81. The molecule has 2 atom stereocenters. The lowest BCUT2D eigenvalue weighted by Gasteiger charge is -2.20. The molecular weight excluding hydrogens is 610 g/mol. The van der Waals surface area contributed by atoms with Crippen LogP contribution < -0.4 is 5.32 Å². The maximum absolute atomic E-state index is 12.3. The highest BCUT2D eigenvalue weighted by Gasteiger charge is 2.18. The minimum Gasteiger partial charge on any atom is -0.466 e. The minimum absolute atomic E-state index is 0.0122.